The molecule has 7 aromatic rings. The lowest BCUT2D eigenvalue weighted by Gasteiger charge is -2.30. The van der Waals surface area contributed by atoms with Crippen LogP contribution in [0.2, 0.25) is 0 Å². The summed E-state index contributed by atoms with van der Waals surface area (Å²) < 4.78 is 0. The van der Waals surface area contributed by atoms with Crippen molar-refractivity contribution in [1.82, 2.24) is 9.97 Å². The molecular weight excluding hydrogens is 574 g/mol. The third kappa shape index (κ3) is 6.49. The Morgan fingerprint density at radius 2 is 0.787 bits per heavy atom. The van der Waals surface area contributed by atoms with Crippen molar-refractivity contribution >= 4 is 11.6 Å². The van der Waals surface area contributed by atoms with E-state index in [0.29, 0.717) is 5.56 Å². The van der Waals surface area contributed by atoms with Gasteiger partial charge in [0.2, 0.25) is 0 Å². The van der Waals surface area contributed by atoms with Crippen LogP contribution in [0.4, 0.5) is 5.69 Å². The normalized spacial score (nSPS) is 11.5. The van der Waals surface area contributed by atoms with E-state index in [1.165, 1.54) is 0 Å². The zero-order valence-corrected chi connectivity index (χ0v) is 26.1. The number of hydrogen-bond acceptors (Lipinski definition) is 3. The topological polar surface area (TPSA) is 46.1 Å². The predicted octanol–water partition coefficient (Wildman–Crippen LogP) is 10.6. The zero-order chi connectivity index (χ0) is 32.0. The van der Waals surface area contributed by atoms with Crippen LogP contribution >= 0.6 is 0 Å². The highest BCUT2D eigenvalue weighted by Crippen LogP contribution is 2.33. The summed E-state index contributed by atoms with van der Waals surface area (Å²) in [5, 5.41) is 0. The highest BCUT2D eigenvalue weighted by molar-refractivity contribution is 6.07. The van der Waals surface area contributed by atoms with Gasteiger partial charge < -0.3 is 4.90 Å². The molecule has 2 heterocycles. The van der Waals surface area contributed by atoms with Gasteiger partial charge in [-0.2, -0.15) is 0 Å². The van der Waals surface area contributed by atoms with Gasteiger partial charge in [0.1, 0.15) is 0 Å². The molecule has 0 bridgehead atoms. The number of amides is 1. The lowest BCUT2D eigenvalue weighted by molar-refractivity contribution is 0.0978. The minimum Gasteiger partial charge on any atom is -0.301 e. The summed E-state index contributed by atoms with van der Waals surface area (Å²) in [7, 11) is 0. The number of hydrogen-bond donors (Lipinski definition) is 0. The van der Waals surface area contributed by atoms with E-state index in [1.54, 1.807) is 12.4 Å². The maximum absolute atomic E-state index is 14.3. The van der Waals surface area contributed by atoms with Crippen LogP contribution < -0.4 is 4.90 Å². The number of anilines is 1. The molecule has 0 fully saturated rings. The number of aromatic nitrogens is 2. The predicted molar refractivity (Wildman–Crippen MR) is 192 cm³/mol. The molecule has 0 aliphatic heterocycles. The first kappa shape index (κ1) is 29.6. The number of rotatable bonds is 8. The molecule has 0 saturated carbocycles. The molecule has 0 N–H and O–H groups in total. The van der Waals surface area contributed by atoms with Crippen molar-refractivity contribution in [2.75, 3.05) is 4.90 Å². The molecule has 0 saturated heterocycles. The van der Waals surface area contributed by atoms with Crippen molar-refractivity contribution in [2.24, 2.45) is 0 Å². The van der Waals surface area contributed by atoms with Crippen molar-refractivity contribution in [2.45, 2.75) is 13.0 Å². The SMILES string of the molecule is C[C@H](c1ccccc1)N(C(=O)c1ccc(-c2ccc(-c3ccncc3)cc2)cc1)c1ccc(-c2ccc(-c3ccncc3)cc2)cc1. The largest absolute Gasteiger partial charge is 0.301 e. The molecular formula is C43H33N3O. The second-order valence-corrected chi connectivity index (χ2v) is 11.5. The molecule has 5 aromatic carbocycles. The first-order chi connectivity index (χ1) is 23.1. The minimum atomic E-state index is -0.172. The van der Waals surface area contributed by atoms with Gasteiger partial charge in [0, 0.05) is 36.0 Å². The highest BCUT2D eigenvalue weighted by atomic mass is 16.2. The average Bonchev–Trinajstić information content (AvgIpc) is 3.16. The molecule has 0 aliphatic carbocycles. The molecule has 0 aliphatic rings. The van der Waals surface area contributed by atoms with Crippen LogP contribution in [0, 0.1) is 0 Å². The van der Waals surface area contributed by atoms with Gasteiger partial charge in [0.05, 0.1) is 6.04 Å². The summed E-state index contributed by atoms with van der Waals surface area (Å²) in [6, 6.07) is 51.2. The van der Waals surface area contributed by atoms with Gasteiger partial charge in [0.15, 0.2) is 0 Å². The molecule has 47 heavy (non-hydrogen) atoms. The van der Waals surface area contributed by atoms with E-state index in [9.17, 15) is 4.79 Å². The molecule has 1 atom stereocenters. The second-order valence-electron chi connectivity index (χ2n) is 11.5. The molecule has 7 rings (SSSR count). The van der Waals surface area contributed by atoms with E-state index in [0.717, 1.165) is 55.8 Å². The van der Waals surface area contributed by atoms with Gasteiger partial charge in [-0.25, -0.2) is 0 Å². The number of nitrogens with zero attached hydrogens (tertiary/aromatic N) is 3. The fraction of sp³-hybridized carbons (Fsp3) is 0.0465. The Bertz CT molecular complexity index is 2060. The van der Waals surface area contributed by atoms with Crippen LogP contribution in [-0.2, 0) is 0 Å². The Morgan fingerprint density at radius 1 is 0.447 bits per heavy atom. The van der Waals surface area contributed by atoms with Crippen molar-refractivity contribution < 1.29 is 4.79 Å². The van der Waals surface area contributed by atoms with E-state index in [1.807, 2.05) is 96.2 Å². The van der Waals surface area contributed by atoms with Crippen LogP contribution in [0.25, 0.3) is 44.5 Å². The van der Waals surface area contributed by atoms with E-state index >= 15 is 0 Å². The van der Waals surface area contributed by atoms with Crippen molar-refractivity contribution in [1.29, 1.82) is 0 Å². The molecule has 4 heteroatoms. The molecule has 0 unspecified atom stereocenters. The molecule has 2 aromatic heterocycles. The van der Waals surface area contributed by atoms with E-state index in [4.69, 9.17) is 0 Å². The van der Waals surface area contributed by atoms with Gasteiger partial charge in [-0.05, 0) is 106 Å². The molecule has 0 spiro atoms. The minimum absolute atomic E-state index is 0.0459. The Morgan fingerprint density at radius 3 is 1.19 bits per heavy atom. The van der Waals surface area contributed by atoms with E-state index in [2.05, 4.69) is 89.7 Å². The number of carbonyl (C=O) groups is 1. The standard InChI is InChI=1S/C43H33N3O/c1-31(32-5-3-2-4-6-32)46(42-21-19-38(20-22-42)34-9-13-37(14-10-34)40-25-29-45-30-26-40)43(47)41-17-15-35(16-18-41)33-7-11-36(12-8-33)39-23-27-44-28-24-39/h2-31H,1H3/t31-/m1/s1. The Balaban J connectivity index is 1.15. The summed E-state index contributed by atoms with van der Waals surface area (Å²) in [6.07, 6.45) is 7.22. The second kappa shape index (κ2) is 13.5. The zero-order valence-electron chi connectivity index (χ0n) is 26.1. The third-order valence-corrected chi connectivity index (χ3v) is 8.63. The fourth-order valence-corrected chi connectivity index (χ4v) is 5.96. The Labute approximate surface area is 275 Å². The van der Waals surface area contributed by atoms with Crippen LogP contribution in [-0.4, -0.2) is 15.9 Å². The Hall–Kier alpha value is -6.13. The highest BCUT2D eigenvalue weighted by Gasteiger charge is 2.25. The van der Waals surface area contributed by atoms with Crippen molar-refractivity contribution in [3.05, 3.63) is 188 Å². The van der Waals surface area contributed by atoms with Crippen molar-refractivity contribution in [3.8, 4) is 44.5 Å². The van der Waals surface area contributed by atoms with Crippen LogP contribution in [0.15, 0.2) is 176 Å². The smallest absolute Gasteiger partial charge is 0.258 e. The molecule has 0 radical (unpaired) electrons. The quantitative estimate of drug-likeness (QED) is 0.173. The molecule has 1 amide bonds. The summed E-state index contributed by atoms with van der Waals surface area (Å²) >= 11 is 0. The van der Waals surface area contributed by atoms with Crippen LogP contribution in [0.3, 0.4) is 0 Å². The first-order valence-corrected chi connectivity index (χ1v) is 15.7. The molecule has 226 valence electrons. The fourth-order valence-electron chi connectivity index (χ4n) is 5.96. The summed E-state index contributed by atoms with van der Waals surface area (Å²) in [6.45, 7) is 2.08. The monoisotopic (exact) mass is 607 g/mol. The van der Waals surface area contributed by atoms with Gasteiger partial charge in [-0.15, -0.1) is 0 Å². The number of pyridine rings is 2. The summed E-state index contributed by atoms with van der Waals surface area (Å²) in [5.41, 5.74) is 11.5. The van der Waals surface area contributed by atoms with Crippen LogP contribution in [0.5, 0.6) is 0 Å². The van der Waals surface area contributed by atoms with Crippen molar-refractivity contribution in [3.63, 3.8) is 0 Å². The summed E-state index contributed by atoms with van der Waals surface area (Å²) in [5.74, 6) is -0.0459. The first-order valence-electron chi connectivity index (χ1n) is 15.7. The van der Waals surface area contributed by atoms with E-state index < -0.39 is 0 Å². The lowest BCUT2D eigenvalue weighted by Crippen LogP contribution is -2.33. The van der Waals surface area contributed by atoms with Gasteiger partial charge in [-0.3, -0.25) is 14.8 Å². The van der Waals surface area contributed by atoms with Gasteiger partial charge in [-0.1, -0.05) is 103 Å². The third-order valence-electron chi connectivity index (χ3n) is 8.63. The Kier molecular flexibility index (Phi) is 8.48. The van der Waals surface area contributed by atoms with Gasteiger partial charge in [0.25, 0.3) is 5.91 Å². The number of carbonyl (C=O) groups excluding carboxylic acids is 1. The van der Waals surface area contributed by atoms with Crippen LogP contribution in [0.1, 0.15) is 28.9 Å². The van der Waals surface area contributed by atoms with Gasteiger partial charge >= 0.3 is 0 Å². The maximum atomic E-state index is 14.3. The van der Waals surface area contributed by atoms with E-state index in [-0.39, 0.29) is 11.9 Å². The molecule has 4 nitrogen and oxygen atoms in total. The lowest BCUT2D eigenvalue weighted by atomic mass is 9.99. The summed E-state index contributed by atoms with van der Waals surface area (Å²) in [4.78, 5) is 24.4. The maximum Gasteiger partial charge on any atom is 0.258 e. The average molecular weight is 608 g/mol. The number of benzene rings is 5.